The lowest BCUT2D eigenvalue weighted by Gasteiger charge is -2.03. The molecule has 0 saturated heterocycles. The van der Waals surface area contributed by atoms with Crippen LogP contribution in [0, 0.1) is 5.92 Å². The first-order valence-corrected chi connectivity index (χ1v) is 5.59. The maximum absolute atomic E-state index is 11.4. The highest BCUT2D eigenvalue weighted by molar-refractivity contribution is 9.10. The van der Waals surface area contributed by atoms with Crippen LogP contribution in [0.25, 0.3) is 0 Å². The number of carbonyl (C=O) groups excluding carboxylic acids is 1. The van der Waals surface area contributed by atoms with Crippen molar-refractivity contribution < 1.29 is 4.79 Å². The molecule has 0 spiro atoms. The minimum atomic E-state index is 0.134. The highest BCUT2D eigenvalue weighted by Gasteiger charge is 2.24. The normalized spacial score (nSPS) is 15.2. The summed E-state index contributed by atoms with van der Waals surface area (Å²) in [5.74, 6) is 0.778. The largest absolute Gasteiger partial charge is 0.326 e. The van der Waals surface area contributed by atoms with Gasteiger partial charge in [-0.15, -0.1) is 0 Å². The zero-order valence-corrected chi connectivity index (χ0v) is 9.38. The average molecular weight is 254 g/mol. The molecule has 1 aromatic rings. The molecule has 1 fully saturated rings. The van der Waals surface area contributed by atoms with E-state index in [1.807, 2.05) is 24.3 Å². The summed E-state index contributed by atoms with van der Waals surface area (Å²) < 4.78 is 1.03. The van der Waals surface area contributed by atoms with Crippen LogP contribution < -0.4 is 5.32 Å². The third-order valence-corrected chi connectivity index (χ3v) is 2.83. The number of rotatable bonds is 3. The van der Waals surface area contributed by atoms with Crippen LogP contribution in [0.1, 0.15) is 19.3 Å². The summed E-state index contributed by atoms with van der Waals surface area (Å²) in [6.45, 7) is 0. The van der Waals surface area contributed by atoms with Gasteiger partial charge < -0.3 is 5.32 Å². The zero-order valence-electron chi connectivity index (χ0n) is 7.79. The number of carbonyl (C=O) groups is 1. The Kier molecular flexibility index (Phi) is 2.87. The number of anilines is 1. The van der Waals surface area contributed by atoms with E-state index in [9.17, 15) is 4.79 Å². The number of hydrogen-bond acceptors (Lipinski definition) is 1. The molecule has 1 saturated carbocycles. The lowest BCUT2D eigenvalue weighted by atomic mass is 10.2. The van der Waals surface area contributed by atoms with Gasteiger partial charge in [0.25, 0.3) is 0 Å². The van der Waals surface area contributed by atoms with Crippen LogP contribution in [0.2, 0.25) is 0 Å². The standard InChI is InChI=1S/C11H12BrNO/c12-9-3-5-10(6-4-9)13-11(14)7-8-1-2-8/h3-6,8H,1-2,7H2,(H,13,14). The van der Waals surface area contributed by atoms with Gasteiger partial charge in [0, 0.05) is 16.6 Å². The molecule has 3 heteroatoms. The second kappa shape index (κ2) is 4.13. The molecule has 0 bridgehead atoms. The molecule has 74 valence electrons. The van der Waals surface area contributed by atoms with Crippen LogP contribution in [-0.4, -0.2) is 5.91 Å². The van der Waals surface area contributed by atoms with E-state index in [1.54, 1.807) is 0 Å². The molecule has 0 aromatic heterocycles. The Morgan fingerprint density at radius 3 is 2.57 bits per heavy atom. The predicted molar refractivity (Wildman–Crippen MR) is 60.1 cm³/mol. The molecule has 1 aliphatic rings. The number of amides is 1. The summed E-state index contributed by atoms with van der Waals surface area (Å²) in [6, 6.07) is 7.64. The van der Waals surface area contributed by atoms with Crippen molar-refractivity contribution in [1.29, 1.82) is 0 Å². The predicted octanol–water partition coefficient (Wildman–Crippen LogP) is 3.19. The molecule has 1 aromatic carbocycles. The highest BCUT2D eigenvalue weighted by atomic mass is 79.9. The summed E-state index contributed by atoms with van der Waals surface area (Å²) >= 11 is 3.35. The molecule has 2 nitrogen and oxygen atoms in total. The van der Waals surface area contributed by atoms with E-state index in [-0.39, 0.29) is 5.91 Å². The second-order valence-electron chi connectivity index (χ2n) is 3.70. The van der Waals surface area contributed by atoms with Gasteiger partial charge in [0.15, 0.2) is 0 Å². The Labute approximate surface area is 91.8 Å². The summed E-state index contributed by atoms with van der Waals surface area (Å²) in [6.07, 6.45) is 3.11. The molecule has 2 rings (SSSR count). The van der Waals surface area contributed by atoms with Gasteiger partial charge in [-0.1, -0.05) is 15.9 Å². The Morgan fingerprint density at radius 1 is 1.36 bits per heavy atom. The van der Waals surface area contributed by atoms with Crippen molar-refractivity contribution in [3.05, 3.63) is 28.7 Å². The Hall–Kier alpha value is -0.830. The molecule has 0 unspecified atom stereocenters. The monoisotopic (exact) mass is 253 g/mol. The van der Waals surface area contributed by atoms with Crippen molar-refractivity contribution in [2.24, 2.45) is 5.92 Å². The van der Waals surface area contributed by atoms with Gasteiger partial charge in [-0.25, -0.2) is 0 Å². The fraction of sp³-hybridized carbons (Fsp3) is 0.364. The van der Waals surface area contributed by atoms with Crippen molar-refractivity contribution in [2.45, 2.75) is 19.3 Å². The zero-order chi connectivity index (χ0) is 9.97. The topological polar surface area (TPSA) is 29.1 Å². The first kappa shape index (κ1) is 9.71. The Bertz CT molecular complexity index is 330. The van der Waals surface area contributed by atoms with Crippen LogP contribution in [-0.2, 0) is 4.79 Å². The molecule has 0 atom stereocenters. The van der Waals surface area contributed by atoms with E-state index >= 15 is 0 Å². The number of halogens is 1. The quantitative estimate of drug-likeness (QED) is 0.881. The highest BCUT2D eigenvalue weighted by Crippen LogP contribution is 2.32. The van der Waals surface area contributed by atoms with E-state index in [0.29, 0.717) is 12.3 Å². The van der Waals surface area contributed by atoms with Gasteiger partial charge in [-0.05, 0) is 43.0 Å². The van der Waals surface area contributed by atoms with Crippen molar-refractivity contribution in [3.8, 4) is 0 Å². The van der Waals surface area contributed by atoms with Crippen molar-refractivity contribution >= 4 is 27.5 Å². The minimum absolute atomic E-state index is 0.134. The van der Waals surface area contributed by atoms with Crippen molar-refractivity contribution in [1.82, 2.24) is 0 Å². The third kappa shape index (κ3) is 2.84. The minimum Gasteiger partial charge on any atom is -0.326 e. The lowest BCUT2D eigenvalue weighted by molar-refractivity contribution is -0.116. The molecule has 0 aliphatic heterocycles. The van der Waals surface area contributed by atoms with Crippen molar-refractivity contribution in [2.75, 3.05) is 5.32 Å². The van der Waals surface area contributed by atoms with Gasteiger partial charge in [0.1, 0.15) is 0 Å². The number of nitrogens with one attached hydrogen (secondary N) is 1. The van der Waals surface area contributed by atoms with Crippen LogP contribution in [0.5, 0.6) is 0 Å². The first-order valence-electron chi connectivity index (χ1n) is 4.79. The maximum atomic E-state index is 11.4. The fourth-order valence-electron chi connectivity index (χ4n) is 1.33. The molecule has 0 radical (unpaired) electrons. The smallest absolute Gasteiger partial charge is 0.224 e. The van der Waals surface area contributed by atoms with E-state index in [1.165, 1.54) is 12.8 Å². The summed E-state index contributed by atoms with van der Waals surface area (Å²) in [4.78, 5) is 11.4. The third-order valence-electron chi connectivity index (χ3n) is 2.30. The van der Waals surface area contributed by atoms with Gasteiger partial charge in [0.2, 0.25) is 5.91 Å². The van der Waals surface area contributed by atoms with Gasteiger partial charge in [-0.2, -0.15) is 0 Å². The fourth-order valence-corrected chi connectivity index (χ4v) is 1.59. The first-order chi connectivity index (χ1) is 6.74. The molecule has 0 heterocycles. The average Bonchev–Trinajstić information content (AvgIpc) is 2.93. The van der Waals surface area contributed by atoms with E-state index in [2.05, 4.69) is 21.2 Å². The van der Waals surface area contributed by atoms with Crippen LogP contribution in [0.3, 0.4) is 0 Å². The molecule has 1 N–H and O–H groups in total. The Morgan fingerprint density at radius 2 is 2.00 bits per heavy atom. The lowest BCUT2D eigenvalue weighted by Crippen LogP contribution is -2.11. The molecule has 1 aliphatic carbocycles. The van der Waals surface area contributed by atoms with E-state index in [4.69, 9.17) is 0 Å². The number of hydrogen-bond donors (Lipinski definition) is 1. The molecular weight excluding hydrogens is 242 g/mol. The molecule has 14 heavy (non-hydrogen) atoms. The van der Waals surface area contributed by atoms with E-state index in [0.717, 1.165) is 10.2 Å². The Balaban J connectivity index is 1.89. The summed E-state index contributed by atoms with van der Waals surface area (Å²) in [5.41, 5.74) is 0.874. The van der Waals surface area contributed by atoms with Gasteiger partial charge in [0.05, 0.1) is 0 Å². The second-order valence-corrected chi connectivity index (χ2v) is 4.62. The molecule has 1 amide bonds. The van der Waals surface area contributed by atoms with Crippen LogP contribution in [0.4, 0.5) is 5.69 Å². The summed E-state index contributed by atoms with van der Waals surface area (Å²) in [5, 5.41) is 2.88. The van der Waals surface area contributed by atoms with Crippen LogP contribution in [0.15, 0.2) is 28.7 Å². The van der Waals surface area contributed by atoms with E-state index < -0.39 is 0 Å². The SMILES string of the molecule is O=C(CC1CC1)Nc1ccc(Br)cc1. The maximum Gasteiger partial charge on any atom is 0.224 e. The van der Waals surface area contributed by atoms with Gasteiger partial charge >= 0.3 is 0 Å². The summed E-state index contributed by atoms with van der Waals surface area (Å²) in [7, 11) is 0. The van der Waals surface area contributed by atoms with Crippen LogP contribution >= 0.6 is 15.9 Å². The molecular formula is C11H12BrNO. The van der Waals surface area contributed by atoms with Crippen molar-refractivity contribution in [3.63, 3.8) is 0 Å². The van der Waals surface area contributed by atoms with Gasteiger partial charge in [-0.3, -0.25) is 4.79 Å². The number of benzene rings is 1.